The number of benzene rings is 6. The summed E-state index contributed by atoms with van der Waals surface area (Å²) in [6.07, 6.45) is 15.4. The quantitative estimate of drug-likeness (QED) is 0.203. The van der Waals surface area contributed by atoms with Crippen LogP contribution in [-0.4, -0.2) is 11.1 Å². The molecule has 0 bridgehead atoms. The van der Waals surface area contributed by atoms with E-state index in [1.165, 1.54) is 27.5 Å². The van der Waals surface area contributed by atoms with Crippen molar-refractivity contribution in [1.82, 2.24) is 9.88 Å². The summed E-state index contributed by atoms with van der Waals surface area (Å²) < 4.78 is 16.1. The van der Waals surface area contributed by atoms with Crippen LogP contribution in [-0.2, 0) is 5.41 Å². The first-order valence-electron chi connectivity index (χ1n) is 18.1. The standard InChI is InChI=1S/C48H34N2O2/c1-2-12-34(13-3-1)50-42-18-7-4-14-35(42)36-24-21-31(28-43(36)50)32-22-25-39-46(29-32)52-47-30-33(41-17-10-11-27-49-41)23-26-40(47)48(39)37-15-5-8-19-44(37)51-45-20-9-6-16-38(45)48/h2,4-26,28-30,49H,1,3,27H2. The molecule has 52 heavy (non-hydrogen) atoms. The highest BCUT2D eigenvalue weighted by molar-refractivity contribution is 6.11. The normalized spacial score (nSPS) is 16.2. The van der Waals surface area contributed by atoms with E-state index in [-0.39, 0.29) is 0 Å². The van der Waals surface area contributed by atoms with Crippen molar-refractivity contribution in [2.75, 3.05) is 6.54 Å². The van der Waals surface area contributed by atoms with Crippen LogP contribution in [0.5, 0.6) is 23.0 Å². The lowest BCUT2D eigenvalue weighted by Gasteiger charge is -2.45. The highest BCUT2D eigenvalue weighted by Crippen LogP contribution is 2.61. The molecule has 0 fully saturated rings. The molecule has 0 saturated heterocycles. The molecule has 4 aliphatic rings. The van der Waals surface area contributed by atoms with E-state index in [4.69, 9.17) is 9.47 Å². The zero-order chi connectivity index (χ0) is 34.2. The van der Waals surface area contributed by atoms with E-state index < -0.39 is 5.41 Å². The van der Waals surface area contributed by atoms with Gasteiger partial charge < -0.3 is 19.4 Å². The Labute approximate surface area is 302 Å². The second-order valence-electron chi connectivity index (χ2n) is 14.0. The molecule has 1 spiro atoms. The van der Waals surface area contributed by atoms with Gasteiger partial charge in [0.2, 0.25) is 0 Å². The minimum atomic E-state index is -0.643. The van der Waals surface area contributed by atoms with E-state index in [2.05, 4.69) is 174 Å². The van der Waals surface area contributed by atoms with E-state index in [1.54, 1.807) is 0 Å². The van der Waals surface area contributed by atoms with Gasteiger partial charge in [0.05, 0.1) is 16.4 Å². The molecule has 11 rings (SSSR count). The minimum Gasteiger partial charge on any atom is -0.457 e. The van der Waals surface area contributed by atoms with Gasteiger partial charge >= 0.3 is 0 Å². The first kappa shape index (κ1) is 29.2. The predicted octanol–water partition coefficient (Wildman–Crippen LogP) is 11.7. The topological polar surface area (TPSA) is 35.4 Å². The van der Waals surface area contributed by atoms with Crippen molar-refractivity contribution in [3.05, 3.63) is 192 Å². The lowest BCUT2D eigenvalue weighted by atomic mass is 9.62. The van der Waals surface area contributed by atoms with Crippen molar-refractivity contribution in [2.24, 2.45) is 0 Å². The fourth-order valence-corrected chi connectivity index (χ4v) is 8.87. The molecule has 7 aromatic rings. The number of aromatic nitrogens is 1. The monoisotopic (exact) mass is 670 g/mol. The van der Waals surface area contributed by atoms with Crippen LogP contribution in [0.4, 0.5) is 0 Å². The van der Waals surface area contributed by atoms with Gasteiger partial charge in [0.1, 0.15) is 23.0 Å². The van der Waals surface area contributed by atoms with E-state index in [0.29, 0.717) is 0 Å². The van der Waals surface area contributed by atoms with Crippen molar-refractivity contribution in [1.29, 1.82) is 0 Å². The summed E-state index contributed by atoms with van der Waals surface area (Å²) in [5.41, 5.74) is 11.9. The molecule has 4 heteroatoms. The Balaban J connectivity index is 1.15. The number of hydrogen-bond acceptors (Lipinski definition) is 3. The van der Waals surface area contributed by atoms with Gasteiger partial charge in [0.25, 0.3) is 0 Å². The molecule has 6 aromatic carbocycles. The molecule has 248 valence electrons. The van der Waals surface area contributed by atoms with Crippen LogP contribution in [0.15, 0.2) is 164 Å². The third-order valence-corrected chi connectivity index (χ3v) is 11.2. The summed E-state index contributed by atoms with van der Waals surface area (Å²) in [5, 5.41) is 6.06. The van der Waals surface area contributed by atoms with E-state index in [1.807, 2.05) is 0 Å². The molecule has 4 nitrogen and oxygen atoms in total. The SMILES string of the molecule is C1=CCNC(c2ccc3c(c2)Oc2cc(-c4ccc5c6ccccc6n(C6=CCCC=C6)c5c4)ccc2C32c3ccccc3Oc3ccccc32)=C1. The third kappa shape index (κ3) is 4.15. The Hall–Kier alpha value is -6.52. The molecule has 0 amide bonds. The Morgan fingerprint density at radius 1 is 0.538 bits per heavy atom. The number of nitrogens with one attached hydrogen (secondary N) is 1. The molecule has 0 unspecified atom stereocenters. The summed E-state index contributed by atoms with van der Waals surface area (Å²) in [5.74, 6) is 3.41. The van der Waals surface area contributed by atoms with Crippen molar-refractivity contribution in [3.8, 4) is 34.1 Å². The fraction of sp³-hybridized carbons (Fsp3) is 0.0833. The first-order valence-corrected chi connectivity index (χ1v) is 18.1. The Kier molecular flexibility index (Phi) is 6.32. The van der Waals surface area contributed by atoms with Crippen LogP contribution in [0, 0.1) is 0 Å². The summed E-state index contributed by atoms with van der Waals surface area (Å²) in [6.45, 7) is 0.800. The van der Waals surface area contributed by atoms with Crippen LogP contribution in [0.3, 0.4) is 0 Å². The fourth-order valence-electron chi connectivity index (χ4n) is 8.87. The van der Waals surface area contributed by atoms with Crippen molar-refractivity contribution in [2.45, 2.75) is 18.3 Å². The van der Waals surface area contributed by atoms with Crippen LogP contribution in [0.2, 0.25) is 0 Å². The average Bonchev–Trinajstić information content (AvgIpc) is 3.54. The maximum absolute atomic E-state index is 7.05. The molecular weight excluding hydrogens is 637 g/mol. The summed E-state index contributed by atoms with van der Waals surface area (Å²) >= 11 is 0. The van der Waals surface area contributed by atoms with Gasteiger partial charge in [-0.05, 0) is 72.5 Å². The molecule has 1 aliphatic carbocycles. The van der Waals surface area contributed by atoms with Gasteiger partial charge in [-0.3, -0.25) is 0 Å². The number of fused-ring (bicyclic) bond motifs is 11. The number of para-hydroxylation sites is 3. The van der Waals surface area contributed by atoms with Crippen LogP contribution in [0.25, 0.3) is 44.3 Å². The Morgan fingerprint density at radius 3 is 1.92 bits per heavy atom. The van der Waals surface area contributed by atoms with E-state index >= 15 is 0 Å². The lowest BCUT2D eigenvalue weighted by molar-refractivity contribution is 0.399. The maximum atomic E-state index is 7.05. The maximum Gasteiger partial charge on any atom is 0.132 e. The van der Waals surface area contributed by atoms with Crippen molar-refractivity contribution >= 4 is 33.2 Å². The molecule has 3 aliphatic heterocycles. The molecule has 0 radical (unpaired) electrons. The number of allylic oxidation sites excluding steroid dienone is 6. The Bertz CT molecular complexity index is 2710. The minimum absolute atomic E-state index is 0.643. The van der Waals surface area contributed by atoms with E-state index in [0.717, 1.165) is 87.0 Å². The zero-order valence-electron chi connectivity index (χ0n) is 28.5. The molecular formula is C48H34N2O2. The first-order chi connectivity index (χ1) is 25.8. The van der Waals surface area contributed by atoms with Crippen molar-refractivity contribution < 1.29 is 9.47 Å². The van der Waals surface area contributed by atoms with Gasteiger partial charge in [-0.25, -0.2) is 0 Å². The third-order valence-electron chi connectivity index (χ3n) is 11.2. The van der Waals surface area contributed by atoms with Crippen LogP contribution >= 0.6 is 0 Å². The largest absolute Gasteiger partial charge is 0.457 e. The summed E-state index contributed by atoms with van der Waals surface area (Å²) in [7, 11) is 0. The predicted molar refractivity (Wildman–Crippen MR) is 211 cm³/mol. The van der Waals surface area contributed by atoms with Gasteiger partial charge in [-0.1, -0.05) is 115 Å². The molecule has 1 N–H and O–H groups in total. The van der Waals surface area contributed by atoms with Gasteiger partial charge in [-0.15, -0.1) is 0 Å². The number of nitrogens with zero attached hydrogens (tertiary/aromatic N) is 1. The molecule has 0 atom stereocenters. The smallest absolute Gasteiger partial charge is 0.132 e. The Morgan fingerprint density at radius 2 is 1.17 bits per heavy atom. The summed E-state index contributed by atoms with van der Waals surface area (Å²) in [4.78, 5) is 0. The average molecular weight is 671 g/mol. The number of rotatable bonds is 3. The summed E-state index contributed by atoms with van der Waals surface area (Å²) in [6, 6.07) is 46.0. The van der Waals surface area contributed by atoms with Gasteiger partial charge in [-0.2, -0.15) is 0 Å². The van der Waals surface area contributed by atoms with E-state index in [9.17, 15) is 0 Å². The number of hydrogen-bond donors (Lipinski definition) is 1. The zero-order valence-corrected chi connectivity index (χ0v) is 28.5. The second-order valence-corrected chi connectivity index (χ2v) is 14.0. The number of dihydropyridines is 1. The van der Waals surface area contributed by atoms with Crippen LogP contribution < -0.4 is 14.8 Å². The highest BCUT2D eigenvalue weighted by Gasteiger charge is 2.50. The molecule has 1 aromatic heterocycles. The number of ether oxygens (including phenoxy) is 2. The van der Waals surface area contributed by atoms with Gasteiger partial charge in [0.15, 0.2) is 0 Å². The highest BCUT2D eigenvalue weighted by atomic mass is 16.5. The molecule has 0 saturated carbocycles. The van der Waals surface area contributed by atoms with Crippen molar-refractivity contribution in [3.63, 3.8) is 0 Å². The lowest BCUT2D eigenvalue weighted by Crippen LogP contribution is -2.36. The second kappa shape index (κ2) is 11.2. The molecule has 4 heterocycles. The van der Waals surface area contributed by atoms with Gasteiger partial charge in [0, 0.05) is 56.5 Å². The van der Waals surface area contributed by atoms with Crippen LogP contribution in [0.1, 0.15) is 40.7 Å².